The van der Waals surface area contributed by atoms with E-state index < -0.39 is 0 Å². The molecule has 0 fully saturated rings. The van der Waals surface area contributed by atoms with Gasteiger partial charge in [0.2, 0.25) is 0 Å². The van der Waals surface area contributed by atoms with E-state index in [9.17, 15) is 0 Å². The Kier molecular flexibility index (Phi) is 13.0. The number of anilines is 4. The van der Waals surface area contributed by atoms with Crippen molar-refractivity contribution in [3.63, 3.8) is 0 Å². The third kappa shape index (κ3) is 8.56. The summed E-state index contributed by atoms with van der Waals surface area (Å²) < 4.78 is 9.41. The van der Waals surface area contributed by atoms with E-state index in [1.807, 2.05) is 12.3 Å². The van der Waals surface area contributed by atoms with Gasteiger partial charge in [0.1, 0.15) is 5.82 Å². The average Bonchev–Trinajstić information content (AvgIpc) is 4.06. The maximum atomic E-state index is 7.18. The van der Waals surface area contributed by atoms with E-state index in [2.05, 4.69) is 267 Å². The molecule has 0 N–H and O–H groups in total. The van der Waals surface area contributed by atoms with Crippen molar-refractivity contribution in [1.82, 2.24) is 9.55 Å². The number of para-hydroxylation sites is 3. The molecule has 2 aliphatic rings. The van der Waals surface area contributed by atoms with Crippen LogP contribution in [-0.4, -0.2) is 9.55 Å². The quantitative estimate of drug-likeness (QED) is 0.128. The third-order valence-electron chi connectivity index (χ3n) is 15.8. The van der Waals surface area contributed by atoms with Crippen LogP contribution < -0.4 is 14.5 Å². The molecule has 2 aromatic heterocycles. The van der Waals surface area contributed by atoms with Gasteiger partial charge in [-0.3, -0.25) is 0 Å². The van der Waals surface area contributed by atoms with Gasteiger partial charge in [-0.15, -0.1) is 53.6 Å². The summed E-state index contributed by atoms with van der Waals surface area (Å²) in [4.78, 5) is 9.70. The van der Waals surface area contributed by atoms with Gasteiger partial charge in [0, 0.05) is 77.9 Å². The molecule has 1 aliphatic carbocycles. The fourth-order valence-electron chi connectivity index (χ4n) is 11.8. The van der Waals surface area contributed by atoms with Gasteiger partial charge in [0.05, 0.1) is 0 Å². The summed E-state index contributed by atoms with van der Waals surface area (Å²) in [7, 11) is 0. The Morgan fingerprint density at radius 1 is 0.566 bits per heavy atom. The SMILES string of the molecule is CC(C)c1cc(C(C)C)c(-c2cc(Oc3[c-]c4c(cc3)c3ccccc3n4-c3cc(C(C)(C)C)ccn3)[c-]c(N3[CH-]N(c4c(-c5ccccc5)ccc5c4-c4ccccc4C5(C)C)c4ccccc43)c2)c(C(C)C)c1.[Pt]. The molecule has 3 heterocycles. The number of pyridine rings is 1. The maximum Gasteiger partial charge on any atom is 0.135 e. The van der Waals surface area contributed by atoms with Gasteiger partial charge in [0.15, 0.2) is 0 Å². The van der Waals surface area contributed by atoms with Crippen molar-refractivity contribution in [3.8, 4) is 50.7 Å². The Labute approximate surface area is 464 Å². The maximum absolute atomic E-state index is 7.18. The van der Waals surface area contributed by atoms with Gasteiger partial charge in [0.25, 0.3) is 0 Å². The van der Waals surface area contributed by atoms with Gasteiger partial charge in [-0.05, 0) is 109 Å². The topological polar surface area (TPSA) is 33.5 Å². The molecule has 0 saturated carbocycles. The van der Waals surface area contributed by atoms with Crippen molar-refractivity contribution in [2.24, 2.45) is 0 Å². The summed E-state index contributed by atoms with van der Waals surface area (Å²) in [6.45, 7) is 27.6. The first kappa shape index (κ1) is 50.9. The molecular formula is C70H65N4OPt-3. The predicted molar refractivity (Wildman–Crippen MR) is 314 cm³/mol. The standard InChI is InChI=1S/C70H65N4O.Pt/c1-43(2)47-37-57(44(3)4)66(58(38-47)45(5)6)48-35-50(40-52(36-48)75-51-29-30-55-54-23-16-18-26-61(54)74(64(55)41-51)65-39-49(33-34-71-65)69(7,8)9)72-42-73(63-28-20-19-27-62(63)72)68-53(46-21-13-12-14-22-46)31-32-60-67(68)56-24-15-17-25-59(56)70(60,10)11;/h12-39,42-45H,1-11H3;/q-3;. The summed E-state index contributed by atoms with van der Waals surface area (Å²) in [5.74, 6) is 2.99. The third-order valence-corrected chi connectivity index (χ3v) is 15.8. The number of aromatic nitrogens is 2. The van der Waals surface area contributed by atoms with Crippen molar-refractivity contribution in [1.29, 1.82) is 0 Å². The van der Waals surface area contributed by atoms with Crippen LogP contribution in [0, 0.1) is 18.8 Å². The Bertz CT molecular complexity index is 3830. The van der Waals surface area contributed by atoms with Gasteiger partial charge < -0.3 is 19.1 Å². The van der Waals surface area contributed by atoms with Crippen molar-refractivity contribution >= 4 is 44.6 Å². The van der Waals surface area contributed by atoms with Crippen molar-refractivity contribution < 1.29 is 25.8 Å². The average molecular weight is 1170 g/mol. The molecule has 10 aromatic rings. The summed E-state index contributed by atoms with van der Waals surface area (Å²) in [5, 5.41) is 2.23. The van der Waals surface area contributed by atoms with E-state index >= 15 is 0 Å². The zero-order chi connectivity index (χ0) is 52.1. The number of ether oxygens (including phenoxy) is 1. The van der Waals surface area contributed by atoms with Crippen LogP contribution in [0.1, 0.15) is 127 Å². The summed E-state index contributed by atoms with van der Waals surface area (Å²) >= 11 is 0. The first-order chi connectivity index (χ1) is 36.1. The molecular weight excluding hydrogens is 1110 g/mol. The minimum absolute atomic E-state index is 0. The van der Waals surface area contributed by atoms with Gasteiger partial charge in [-0.2, -0.15) is 6.07 Å². The molecule has 12 rings (SSSR count). The van der Waals surface area contributed by atoms with E-state index in [0.29, 0.717) is 17.4 Å². The molecule has 0 unspecified atom stereocenters. The minimum atomic E-state index is -0.183. The van der Waals surface area contributed by atoms with Gasteiger partial charge in [-0.1, -0.05) is 191 Å². The molecule has 5 nitrogen and oxygen atoms in total. The van der Waals surface area contributed by atoms with Gasteiger partial charge >= 0.3 is 0 Å². The van der Waals surface area contributed by atoms with Crippen LogP contribution in [0.4, 0.5) is 22.7 Å². The smallest absolute Gasteiger partial charge is 0.135 e. The second-order valence-corrected chi connectivity index (χ2v) is 23.1. The number of benzene rings is 8. The molecule has 1 aliphatic heterocycles. The minimum Gasteiger partial charge on any atom is -0.509 e. The fraction of sp³-hybridized carbons (Fsp3) is 0.229. The molecule has 0 radical (unpaired) electrons. The zero-order valence-corrected chi connectivity index (χ0v) is 47.8. The zero-order valence-electron chi connectivity index (χ0n) is 45.5. The van der Waals surface area contributed by atoms with E-state index in [0.717, 1.165) is 55.9 Å². The number of fused-ring (bicyclic) bond motifs is 7. The van der Waals surface area contributed by atoms with E-state index in [4.69, 9.17) is 9.72 Å². The van der Waals surface area contributed by atoms with E-state index in [1.165, 1.54) is 61.2 Å². The fourth-order valence-corrected chi connectivity index (χ4v) is 11.8. The summed E-state index contributed by atoms with van der Waals surface area (Å²) in [5.41, 5.74) is 21.1. The predicted octanol–water partition coefficient (Wildman–Crippen LogP) is 19.3. The van der Waals surface area contributed by atoms with Crippen LogP contribution in [0.3, 0.4) is 0 Å². The molecule has 6 heteroatoms. The Hall–Kier alpha value is -7.20. The van der Waals surface area contributed by atoms with E-state index in [1.54, 1.807) is 0 Å². The largest absolute Gasteiger partial charge is 0.509 e. The molecule has 0 saturated heterocycles. The first-order valence-electron chi connectivity index (χ1n) is 26.8. The second kappa shape index (κ2) is 19.4. The van der Waals surface area contributed by atoms with Crippen LogP contribution in [0.25, 0.3) is 61.0 Å². The van der Waals surface area contributed by atoms with Gasteiger partial charge in [-0.25, -0.2) is 4.98 Å². The number of rotatable bonds is 10. The van der Waals surface area contributed by atoms with Crippen LogP contribution in [0.15, 0.2) is 170 Å². The molecule has 0 bridgehead atoms. The van der Waals surface area contributed by atoms with Crippen LogP contribution in [0.5, 0.6) is 11.5 Å². The number of hydrogen-bond acceptors (Lipinski definition) is 4. The van der Waals surface area contributed by atoms with E-state index in [-0.39, 0.29) is 43.7 Å². The molecule has 0 spiro atoms. The Morgan fingerprint density at radius 3 is 1.95 bits per heavy atom. The Balaban J connectivity index is 0.00000616. The summed E-state index contributed by atoms with van der Waals surface area (Å²) in [6, 6.07) is 67.4. The molecule has 8 aromatic carbocycles. The van der Waals surface area contributed by atoms with Crippen molar-refractivity contribution in [3.05, 3.63) is 222 Å². The monoisotopic (exact) mass is 1170 g/mol. The van der Waals surface area contributed by atoms with Crippen molar-refractivity contribution in [2.75, 3.05) is 9.80 Å². The normalized spacial score (nSPS) is 13.7. The summed E-state index contributed by atoms with van der Waals surface area (Å²) in [6.07, 6.45) is 1.92. The molecule has 384 valence electrons. The Morgan fingerprint density at radius 2 is 1.24 bits per heavy atom. The van der Waals surface area contributed by atoms with Crippen LogP contribution in [-0.2, 0) is 31.9 Å². The van der Waals surface area contributed by atoms with Crippen molar-refractivity contribution in [2.45, 2.75) is 105 Å². The second-order valence-electron chi connectivity index (χ2n) is 23.1. The number of hydrogen-bond donors (Lipinski definition) is 0. The molecule has 0 amide bonds. The molecule has 0 atom stereocenters. The number of nitrogens with zero attached hydrogens (tertiary/aromatic N) is 4. The first-order valence-corrected chi connectivity index (χ1v) is 26.8. The van der Waals surface area contributed by atoms with Crippen LogP contribution >= 0.6 is 0 Å². The van der Waals surface area contributed by atoms with Crippen LogP contribution in [0.2, 0.25) is 0 Å². The molecule has 76 heavy (non-hydrogen) atoms.